The zero-order valence-electron chi connectivity index (χ0n) is 6.46. The van der Waals surface area contributed by atoms with Crippen LogP contribution in [-0.4, -0.2) is 35.3 Å². The predicted molar refractivity (Wildman–Crippen MR) is 39.1 cm³/mol. The fourth-order valence-corrected chi connectivity index (χ4v) is 1.24. The molecule has 5 nitrogen and oxygen atoms in total. The minimum atomic E-state index is -0.882. The average Bonchev–Trinajstić information content (AvgIpc) is 2.35. The summed E-state index contributed by atoms with van der Waals surface area (Å²) in [7, 11) is 0. The molecule has 6 heteroatoms. The number of hydrogen-bond acceptors (Lipinski definition) is 3. The van der Waals surface area contributed by atoms with Gasteiger partial charge in [-0.25, -0.2) is 0 Å². The van der Waals surface area contributed by atoms with E-state index in [9.17, 15) is 15.2 Å². The Morgan fingerprint density at radius 2 is 2.42 bits per heavy atom. The maximum Gasteiger partial charge on any atom is 0.227 e. The SMILES string of the molecule is O=[N+]([O-])C[C@@H](O)[C@@H]1CCC[N-]1.[Pd]. The quantitative estimate of drug-likeness (QED) is 0.448. The van der Waals surface area contributed by atoms with Gasteiger partial charge in [0, 0.05) is 25.3 Å². The molecule has 0 saturated carbocycles. The van der Waals surface area contributed by atoms with Gasteiger partial charge in [0.25, 0.3) is 0 Å². The molecule has 1 fully saturated rings. The van der Waals surface area contributed by atoms with Crippen LogP contribution in [0.2, 0.25) is 0 Å². The Labute approximate surface area is 84.3 Å². The fourth-order valence-electron chi connectivity index (χ4n) is 1.24. The molecule has 1 aliphatic heterocycles. The first-order chi connectivity index (χ1) is 5.20. The maximum atomic E-state index is 9.97. The van der Waals surface area contributed by atoms with E-state index in [1.54, 1.807) is 0 Å². The van der Waals surface area contributed by atoms with E-state index in [2.05, 4.69) is 5.32 Å². The van der Waals surface area contributed by atoms with E-state index in [1.807, 2.05) is 0 Å². The van der Waals surface area contributed by atoms with E-state index in [1.165, 1.54) is 0 Å². The molecule has 0 unspecified atom stereocenters. The molecule has 0 aromatic heterocycles. The molecule has 0 amide bonds. The zero-order chi connectivity index (χ0) is 8.27. The summed E-state index contributed by atoms with van der Waals surface area (Å²) in [4.78, 5) is 9.47. The van der Waals surface area contributed by atoms with Crippen molar-refractivity contribution in [1.82, 2.24) is 0 Å². The van der Waals surface area contributed by atoms with Gasteiger partial charge >= 0.3 is 0 Å². The van der Waals surface area contributed by atoms with Crippen LogP contribution < -0.4 is 0 Å². The van der Waals surface area contributed by atoms with Crippen LogP contribution in [0, 0.1) is 10.1 Å². The second kappa shape index (κ2) is 5.60. The summed E-state index contributed by atoms with van der Waals surface area (Å²) < 4.78 is 0. The van der Waals surface area contributed by atoms with Crippen molar-refractivity contribution < 1.29 is 30.5 Å². The second-order valence-electron chi connectivity index (χ2n) is 2.70. The molecule has 0 aromatic carbocycles. The summed E-state index contributed by atoms with van der Waals surface area (Å²) in [5.74, 6) is 0. The molecule has 1 N–H and O–H groups in total. The minimum absolute atomic E-state index is 0. The maximum absolute atomic E-state index is 9.97. The molecule has 0 bridgehead atoms. The largest absolute Gasteiger partial charge is 0.657 e. The molecule has 1 rings (SSSR count). The van der Waals surface area contributed by atoms with Crippen molar-refractivity contribution in [3.8, 4) is 0 Å². The van der Waals surface area contributed by atoms with Crippen molar-refractivity contribution in [1.29, 1.82) is 0 Å². The molecule has 2 atom stereocenters. The van der Waals surface area contributed by atoms with Crippen molar-refractivity contribution in [3.05, 3.63) is 15.4 Å². The number of nitrogens with zero attached hydrogens (tertiary/aromatic N) is 2. The van der Waals surface area contributed by atoms with Gasteiger partial charge in [0.1, 0.15) is 6.10 Å². The van der Waals surface area contributed by atoms with Crippen molar-refractivity contribution >= 4 is 0 Å². The van der Waals surface area contributed by atoms with Gasteiger partial charge in [0.05, 0.1) is 0 Å². The average molecular weight is 266 g/mol. The van der Waals surface area contributed by atoms with Crippen LogP contribution in [0.15, 0.2) is 0 Å². The molecular weight excluding hydrogens is 254 g/mol. The number of aliphatic hydroxyl groups is 1. The van der Waals surface area contributed by atoms with Crippen LogP contribution in [0.1, 0.15) is 12.8 Å². The van der Waals surface area contributed by atoms with Gasteiger partial charge in [-0.15, -0.1) is 12.6 Å². The third-order valence-corrected chi connectivity index (χ3v) is 1.80. The van der Waals surface area contributed by atoms with Crippen LogP contribution >= 0.6 is 0 Å². The first-order valence-electron chi connectivity index (χ1n) is 3.66. The van der Waals surface area contributed by atoms with Crippen LogP contribution in [0.5, 0.6) is 0 Å². The smallest absolute Gasteiger partial charge is 0.227 e. The molecule has 0 spiro atoms. The predicted octanol–water partition coefficient (Wildman–Crippen LogP) is 0.158. The first-order valence-corrected chi connectivity index (χ1v) is 3.66. The van der Waals surface area contributed by atoms with Crippen molar-refractivity contribution in [2.45, 2.75) is 25.0 Å². The molecule has 12 heavy (non-hydrogen) atoms. The molecule has 1 aliphatic rings. The number of aliphatic hydroxyl groups excluding tert-OH is 1. The molecule has 74 valence electrons. The topological polar surface area (TPSA) is 77.5 Å². The van der Waals surface area contributed by atoms with Crippen LogP contribution in [-0.2, 0) is 20.4 Å². The van der Waals surface area contributed by atoms with Crippen LogP contribution in [0.25, 0.3) is 5.32 Å². The Kier molecular flexibility index (Phi) is 5.59. The number of nitro groups is 1. The van der Waals surface area contributed by atoms with Gasteiger partial charge in [0.2, 0.25) is 6.54 Å². The Hall–Kier alpha value is -0.0177. The van der Waals surface area contributed by atoms with Crippen LogP contribution in [0.3, 0.4) is 0 Å². The van der Waals surface area contributed by atoms with E-state index in [0.29, 0.717) is 0 Å². The summed E-state index contributed by atoms with van der Waals surface area (Å²) in [5.41, 5.74) is 0. The van der Waals surface area contributed by atoms with Gasteiger partial charge in [-0.1, -0.05) is 12.8 Å². The van der Waals surface area contributed by atoms with E-state index >= 15 is 0 Å². The van der Waals surface area contributed by atoms with Gasteiger partial charge in [-0.3, -0.25) is 10.1 Å². The first kappa shape index (κ1) is 12.0. The number of hydrogen-bond donors (Lipinski definition) is 1. The molecule has 1 saturated heterocycles. The van der Waals surface area contributed by atoms with Gasteiger partial charge in [0.15, 0.2) is 0 Å². The van der Waals surface area contributed by atoms with Crippen molar-refractivity contribution in [3.63, 3.8) is 0 Å². The van der Waals surface area contributed by atoms with E-state index < -0.39 is 11.0 Å². The summed E-state index contributed by atoms with van der Waals surface area (Å²) in [6.07, 6.45) is 0.849. The summed E-state index contributed by atoms with van der Waals surface area (Å²) >= 11 is 0. The van der Waals surface area contributed by atoms with Crippen LogP contribution in [0.4, 0.5) is 0 Å². The Balaban J connectivity index is 0.00000121. The van der Waals surface area contributed by atoms with Gasteiger partial charge in [-0.2, -0.15) is 0 Å². The van der Waals surface area contributed by atoms with E-state index in [4.69, 9.17) is 0 Å². The second-order valence-corrected chi connectivity index (χ2v) is 2.70. The standard InChI is InChI=1S/C6H11N2O3.Pd/c9-6(4-8(10)11)5-2-1-3-7-5;/h5-6,9H,1-4H2;/q-1;/t5-,6+;/m0./s1. The molecule has 0 aliphatic carbocycles. The Morgan fingerprint density at radius 1 is 1.75 bits per heavy atom. The van der Waals surface area contributed by atoms with Crippen molar-refractivity contribution in [2.24, 2.45) is 0 Å². The fraction of sp³-hybridized carbons (Fsp3) is 1.00. The molecular formula is C6H11N2O3Pd-. The van der Waals surface area contributed by atoms with E-state index in [-0.39, 0.29) is 33.0 Å². The van der Waals surface area contributed by atoms with Gasteiger partial charge < -0.3 is 10.4 Å². The number of rotatable bonds is 3. The molecule has 0 aromatic rings. The molecule has 0 radical (unpaired) electrons. The van der Waals surface area contributed by atoms with Crippen molar-refractivity contribution in [2.75, 3.05) is 13.1 Å². The third-order valence-electron chi connectivity index (χ3n) is 1.80. The third kappa shape index (κ3) is 3.59. The van der Waals surface area contributed by atoms with Gasteiger partial charge in [-0.05, 0) is 0 Å². The summed E-state index contributed by atoms with van der Waals surface area (Å²) in [5, 5.41) is 23.2. The molecule has 1 heterocycles. The Morgan fingerprint density at radius 3 is 2.83 bits per heavy atom. The summed E-state index contributed by atoms with van der Waals surface area (Å²) in [6, 6.07) is -0.194. The summed E-state index contributed by atoms with van der Waals surface area (Å²) in [6.45, 7) is 0.355. The minimum Gasteiger partial charge on any atom is -0.657 e. The zero-order valence-corrected chi connectivity index (χ0v) is 8.01. The monoisotopic (exact) mass is 265 g/mol. The van der Waals surface area contributed by atoms with E-state index in [0.717, 1.165) is 19.4 Å². The normalized spacial score (nSPS) is 24.6. The Bertz CT molecular complexity index is 150.